The molecule has 2 aromatic rings. The summed E-state index contributed by atoms with van der Waals surface area (Å²) in [6, 6.07) is 2.04. The van der Waals surface area contributed by atoms with E-state index in [2.05, 4.69) is 16.8 Å². The molecule has 7 heteroatoms. The van der Waals surface area contributed by atoms with Crippen LogP contribution in [0.15, 0.2) is 11.6 Å². The number of nitrogens with zero attached hydrogens (tertiary/aromatic N) is 5. The zero-order valence-electron chi connectivity index (χ0n) is 14.9. The highest BCUT2D eigenvalue weighted by atomic mass is 32.1. The van der Waals surface area contributed by atoms with Crippen molar-refractivity contribution in [1.29, 1.82) is 0 Å². The number of piperidine rings is 1. The molecule has 134 valence electrons. The maximum absolute atomic E-state index is 12.5. The third-order valence-corrected chi connectivity index (χ3v) is 6.28. The molecule has 4 rings (SSSR count). The number of aromatic nitrogens is 3. The first-order valence-electron chi connectivity index (χ1n) is 9.06. The third kappa shape index (κ3) is 3.35. The van der Waals surface area contributed by atoms with Gasteiger partial charge in [0.25, 0.3) is 5.91 Å². The van der Waals surface area contributed by atoms with Crippen molar-refractivity contribution in [3.8, 4) is 0 Å². The Balaban J connectivity index is 1.50. The molecule has 2 aliphatic heterocycles. The molecular formula is C18H25N5OS. The molecule has 0 aliphatic carbocycles. The smallest absolute Gasteiger partial charge is 0.271 e. The van der Waals surface area contributed by atoms with E-state index >= 15 is 0 Å². The first-order valence-corrected chi connectivity index (χ1v) is 9.94. The molecule has 1 amide bonds. The molecule has 1 fully saturated rings. The Morgan fingerprint density at radius 3 is 2.96 bits per heavy atom. The molecule has 0 radical (unpaired) electrons. The van der Waals surface area contributed by atoms with E-state index in [0.717, 1.165) is 62.6 Å². The second kappa shape index (κ2) is 6.88. The molecule has 2 aromatic heterocycles. The minimum atomic E-state index is 0.101. The zero-order valence-corrected chi connectivity index (χ0v) is 15.8. The van der Waals surface area contributed by atoms with Crippen molar-refractivity contribution in [2.24, 2.45) is 0 Å². The fourth-order valence-electron chi connectivity index (χ4n) is 3.86. The van der Waals surface area contributed by atoms with Gasteiger partial charge in [0, 0.05) is 44.0 Å². The molecule has 1 unspecified atom stereocenters. The van der Waals surface area contributed by atoms with Gasteiger partial charge in [-0.25, -0.2) is 4.98 Å². The highest BCUT2D eigenvalue weighted by molar-refractivity contribution is 7.09. The predicted octanol–water partition coefficient (Wildman–Crippen LogP) is 2.50. The zero-order chi connectivity index (χ0) is 17.4. The van der Waals surface area contributed by atoms with Crippen LogP contribution < -0.4 is 0 Å². The Labute approximate surface area is 152 Å². The molecule has 0 saturated carbocycles. The number of aryl methyl sites for hydroxylation is 2. The fraction of sp³-hybridized carbons (Fsp3) is 0.611. The summed E-state index contributed by atoms with van der Waals surface area (Å²) in [5, 5.41) is 4.80. The summed E-state index contributed by atoms with van der Waals surface area (Å²) < 4.78 is 1.92. The molecule has 2 aliphatic rings. The van der Waals surface area contributed by atoms with Crippen molar-refractivity contribution < 1.29 is 4.79 Å². The quantitative estimate of drug-likeness (QED) is 0.845. The van der Waals surface area contributed by atoms with Crippen LogP contribution in [-0.2, 0) is 13.1 Å². The SMILES string of the molecule is Cc1ncsc1CN1CCCC(c2cc3n(n2)CCCN(C)C3=O)C1. The van der Waals surface area contributed by atoms with Gasteiger partial charge in [0.1, 0.15) is 5.69 Å². The minimum Gasteiger partial charge on any atom is -0.340 e. The fourth-order valence-corrected chi connectivity index (χ4v) is 4.67. The molecule has 1 saturated heterocycles. The molecule has 4 heterocycles. The van der Waals surface area contributed by atoms with Crippen LogP contribution >= 0.6 is 11.3 Å². The van der Waals surface area contributed by atoms with Crippen LogP contribution in [0.4, 0.5) is 0 Å². The van der Waals surface area contributed by atoms with Gasteiger partial charge in [-0.05, 0) is 38.8 Å². The number of likely N-dealkylation sites (tertiary alicyclic amines) is 1. The van der Waals surface area contributed by atoms with Gasteiger partial charge in [-0.15, -0.1) is 11.3 Å². The Morgan fingerprint density at radius 2 is 2.16 bits per heavy atom. The lowest BCUT2D eigenvalue weighted by Crippen LogP contribution is -2.34. The van der Waals surface area contributed by atoms with Crippen molar-refractivity contribution in [1.82, 2.24) is 24.6 Å². The van der Waals surface area contributed by atoms with Gasteiger partial charge in [-0.1, -0.05) is 0 Å². The first kappa shape index (κ1) is 16.7. The van der Waals surface area contributed by atoms with E-state index in [9.17, 15) is 4.79 Å². The number of thiazole rings is 1. The topological polar surface area (TPSA) is 54.3 Å². The van der Waals surface area contributed by atoms with E-state index in [1.54, 1.807) is 11.3 Å². The van der Waals surface area contributed by atoms with Gasteiger partial charge in [-0.2, -0.15) is 5.10 Å². The van der Waals surface area contributed by atoms with E-state index in [1.165, 1.54) is 11.3 Å². The summed E-state index contributed by atoms with van der Waals surface area (Å²) >= 11 is 1.74. The molecule has 6 nitrogen and oxygen atoms in total. The lowest BCUT2D eigenvalue weighted by molar-refractivity contribution is 0.0796. The van der Waals surface area contributed by atoms with Crippen LogP contribution in [0, 0.1) is 6.92 Å². The predicted molar refractivity (Wildman–Crippen MR) is 97.9 cm³/mol. The normalized spacial score (nSPS) is 22.1. The molecule has 1 atom stereocenters. The molecule has 0 spiro atoms. The first-order chi connectivity index (χ1) is 12.1. The Morgan fingerprint density at radius 1 is 1.28 bits per heavy atom. The molecule has 25 heavy (non-hydrogen) atoms. The van der Waals surface area contributed by atoms with Gasteiger partial charge >= 0.3 is 0 Å². The lowest BCUT2D eigenvalue weighted by atomic mass is 9.94. The maximum Gasteiger partial charge on any atom is 0.271 e. The van der Waals surface area contributed by atoms with Crippen LogP contribution in [-0.4, -0.2) is 57.2 Å². The van der Waals surface area contributed by atoms with E-state index in [0.29, 0.717) is 5.92 Å². The number of rotatable bonds is 3. The monoisotopic (exact) mass is 359 g/mol. The maximum atomic E-state index is 12.5. The molecular weight excluding hydrogens is 334 g/mol. The van der Waals surface area contributed by atoms with Crippen molar-refractivity contribution >= 4 is 17.2 Å². The van der Waals surface area contributed by atoms with E-state index in [1.807, 2.05) is 28.2 Å². The van der Waals surface area contributed by atoms with Crippen LogP contribution in [0.2, 0.25) is 0 Å². The largest absolute Gasteiger partial charge is 0.340 e. The number of hydrogen-bond acceptors (Lipinski definition) is 5. The van der Waals surface area contributed by atoms with Crippen LogP contribution in [0.5, 0.6) is 0 Å². The second-order valence-electron chi connectivity index (χ2n) is 7.19. The highest BCUT2D eigenvalue weighted by Gasteiger charge is 2.28. The average molecular weight is 359 g/mol. The highest BCUT2D eigenvalue weighted by Crippen LogP contribution is 2.29. The minimum absolute atomic E-state index is 0.101. The van der Waals surface area contributed by atoms with Crippen molar-refractivity contribution in [3.05, 3.63) is 33.5 Å². The van der Waals surface area contributed by atoms with Crippen molar-refractivity contribution in [2.75, 3.05) is 26.7 Å². The van der Waals surface area contributed by atoms with Crippen molar-refractivity contribution in [2.45, 2.75) is 45.2 Å². The van der Waals surface area contributed by atoms with Crippen molar-refractivity contribution in [3.63, 3.8) is 0 Å². The summed E-state index contributed by atoms with van der Waals surface area (Å²) in [5.41, 5.74) is 4.92. The summed E-state index contributed by atoms with van der Waals surface area (Å²) in [6.45, 7) is 6.84. The van der Waals surface area contributed by atoms with Gasteiger partial charge in [0.05, 0.1) is 16.9 Å². The summed E-state index contributed by atoms with van der Waals surface area (Å²) in [4.78, 5) is 22.5. The molecule has 0 N–H and O–H groups in total. The van der Waals surface area contributed by atoms with E-state index in [-0.39, 0.29) is 5.91 Å². The summed E-state index contributed by atoms with van der Waals surface area (Å²) in [6.07, 6.45) is 3.30. The number of amides is 1. The summed E-state index contributed by atoms with van der Waals surface area (Å²) in [5.74, 6) is 0.517. The molecule has 0 bridgehead atoms. The number of carbonyl (C=O) groups is 1. The summed E-state index contributed by atoms with van der Waals surface area (Å²) in [7, 11) is 1.88. The lowest BCUT2D eigenvalue weighted by Gasteiger charge is -2.31. The van der Waals surface area contributed by atoms with Gasteiger partial charge in [0.15, 0.2) is 0 Å². The third-order valence-electron chi connectivity index (χ3n) is 5.36. The van der Waals surface area contributed by atoms with Gasteiger partial charge < -0.3 is 4.90 Å². The Kier molecular flexibility index (Phi) is 4.60. The second-order valence-corrected chi connectivity index (χ2v) is 8.13. The van der Waals surface area contributed by atoms with Gasteiger partial charge in [-0.3, -0.25) is 14.4 Å². The van der Waals surface area contributed by atoms with Crippen LogP contribution in [0.25, 0.3) is 0 Å². The number of fused-ring (bicyclic) bond motifs is 1. The average Bonchev–Trinajstić information content (AvgIpc) is 3.18. The van der Waals surface area contributed by atoms with Gasteiger partial charge in [0.2, 0.25) is 0 Å². The number of hydrogen-bond donors (Lipinski definition) is 0. The Hall–Kier alpha value is -1.73. The van der Waals surface area contributed by atoms with Crippen LogP contribution in [0.3, 0.4) is 0 Å². The Bertz CT molecular complexity index is 767. The number of carbonyl (C=O) groups excluding carboxylic acids is 1. The van der Waals surface area contributed by atoms with Crippen LogP contribution in [0.1, 0.15) is 51.9 Å². The standard InChI is InChI=1S/C18H25N5OS/c1-13-17(25-12-19-13)11-22-7-3-5-14(10-22)15-9-16-18(24)21(2)6-4-8-23(16)20-15/h9,12,14H,3-8,10-11H2,1-2H3. The van der Waals surface area contributed by atoms with E-state index < -0.39 is 0 Å². The van der Waals surface area contributed by atoms with E-state index in [4.69, 9.17) is 5.10 Å². The molecule has 0 aromatic carbocycles.